The number of rotatable bonds is 3. The van der Waals surface area contributed by atoms with Gasteiger partial charge in [-0.3, -0.25) is 4.79 Å². The molecule has 2 aromatic rings. The number of aryl methyl sites for hydroxylation is 1. The van der Waals surface area contributed by atoms with E-state index in [1.54, 1.807) is 6.07 Å². The number of amides is 1. The molecule has 0 aliphatic rings. The van der Waals surface area contributed by atoms with Crippen molar-refractivity contribution in [3.8, 4) is 0 Å². The third-order valence-electron chi connectivity index (χ3n) is 3.13. The molecule has 5 heteroatoms. The van der Waals surface area contributed by atoms with Crippen molar-refractivity contribution in [1.82, 2.24) is 0 Å². The Morgan fingerprint density at radius 2 is 1.95 bits per heavy atom. The fourth-order valence-corrected chi connectivity index (χ4v) is 2.79. The Bertz CT molecular complexity index is 686. The molecule has 2 aromatic carbocycles. The largest absolute Gasteiger partial charge is 0.376 e. The van der Waals surface area contributed by atoms with Gasteiger partial charge in [0.05, 0.1) is 16.9 Å². The molecule has 0 spiro atoms. The Hall–Kier alpha value is -1.27. The van der Waals surface area contributed by atoms with Crippen LogP contribution in [0.2, 0.25) is 5.02 Å². The molecule has 0 saturated heterocycles. The highest BCUT2D eigenvalue weighted by Crippen LogP contribution is 2.28. The Kier molecular flexibility index (Phi) is 5.11. The topological polar surface area (TPSA) is 32.3 Å². The standard InChI is InChI=1S/C16H16ClIN2O/c1-10-5-4-6-12(15(10)18)16(21)19-13-9-11(17)7-8-14(13)20(2)3/h4-9H,1-3H3,(H,19,21). The van der Waals surface area contributed by atoms with E-state index in [1.165, 1.54) is 0 Å². The third-order valence-corrected chi connectivity index (χ3v) is 4.79. The summed E-state index contributed by atoms with van der Waals surface area (Å²) in [6.07, 6.45) is 0. The summed E-state index contributed by atoms with van der Waals surface area (Å²) in [6, 6.07) is 11.2. The van der Waals surface area contributed by atoms with Crippen LogP contribution in [0.4, 0.5) is 11.4 Å². The zero-order valence-electron chi connectivity index (χ0n) is 12.1. The first-order valence-corrected chi connectivity index (χ1v) is 7.89. The maximum atomic E-state index is 12.5. The quantitative estimate of drug-likeness (QED) is 0.746. The van der Waals surface area contributed by atoms with Crippen molar-refractivity contribution in [2.24, 2.45) is 0 Å². The van der Waals surface area contributed by atoms with Crippen molar-refractivity contribution in [2.45, 2.75) is 6.92 Å². The molecule has 110 valence electrons. The minimum Gasteiger partial charge on any atom is -0.376 e. The lowest BCUT2D eigenvalue weighted by molar-refractivity contribution is 0.102. The summed E-state index contributed by atoms with van der Waals surface area (Å²) in [6.45, 7) is 1.99. The molecule has 21 heavy (non-hydrogen) atoms. The van der Waals surface area contributed by atoms with Gasteiger partial charge in [-0.25, -0.2) is 0 Å². The molecule has 0 bridgehead atoms. The summed E-state index contributed by atoms with van der Waals surface area (Å²) < 4.78 is 0.959. The number of carbonyl (C=O) groups is 1. The van der Waals surface area contributed by atoms with E-state index in [1.807, 2.05) is 56.3 Å². The Morgan fingerprint density at radius 3 is 2.62 bits per heavy atom. The van der Waals surface area contributed by atoms with E-state index in [4.69, 9.17) is 11.6 Å². The first-order valence-electron chi connectivity index (χ1n) is 6.43. The second-order valence-corrected chi connectivity index (χ2v) is 6.46. The molecule has 2 rings (SSSR count). The zero-order chi connectivity index (χ0) is 15.6. The van der Waals surface area contributed by atoms with E-state index in [0.717, 1.165) is 14.8 Å². The van der Waals surface area contributed by atoms with Crippen LogP contribution >= 0.6 is 34.2 Å². The second kappa shape index (κ2) is 6.66. The summed E-state index contributed by atoms with van der Waals surface area (Å²) in [5.74, 6) is -0.131. The lowest BCUT2D eigenvalue weighted by Crippen LogP contribution is -2.17. The highest BCUT2D eigenvalue weighted by atomic mass is 127. The maximum absolute atomic E-state index is 12.5. The van der Waals surface area contributed by atoms with Crippen LogP contribution in [0.1, 0.15) is 15.9 Å². The van der Waals surface area contributed by atoms with E-state index in [2.05, 4.69) is 27.9 Å². The molecule has 0 radical (unpaired) electrons. The molecule has 3 nitrogen and oxygen atoms in total. The first kappa shape index (κ1) is 16.1. The smallest absolute Gasteiger partial charge is 0.256 e. The Balaban J connectivity index is 2.36. The van der Waals surface area contributed by atoms with Crippen LogP contribution in [0.15, 0.2) is 36.4 Å². The average Bonchev–Trinajstić information content (AvgIpc) is 2.41. The third kappa shape index (κ3) is 3.68. The van der Waals surface area contributed by atoms with Gasteiger partial charge in [0.15, 0.2) is 0 Å². The fourth-order valence-electron chi connectivity index (χ4n) is 2.01. The van der Waals surface area contributed by atoms with Crippen molar-refractivity contribution in [3.05, 3.63) is 56.1 Å². The van der Waals surface area contributed by atoms with Gasteiger partial charge in [-0.15, -0.1) is 0 Å². The first-order chi connectivity index (χ1) is 9.90. The van der Waals surface area contributed by atoms with Crippen molar-refractivity contribution >= 4 is 51.5 Å². The number of benzene rings is 2. The highest BCUT2D eigenvalue weighted by Gasteiger charge is 2.14. The molecule has 0 fully saturated rings. The molecule has 0 aliphatic heterocycles. The van der Waals surface area contributed by atoms with Crippen LogP contribution in [0.25, 0.3) is 0 Å². The number of carbonyl (C=O) groups excluding carboxylic acids is 1. The van der Waals surface area contributed by atoms with Crippen molar-refractivity contribution < 1.29 is 4.79 Å². The molecular formula is C16H16ClIN2O. The zero-order valence-corrected chi connectivity index (χ0v) is 15.0. The molecule has 0 saturated carbocycles. The van der Waals surface area contributed by atoms with Gasteiger partial charge in [-0.05, 0) is 59.3 Å². The lowest BCUT2D eigenvalue weighted by Gasteiger charge is -2.18. The number of nitrogens with zero attached hydrogens (tertiary/aromatic N) is 1. The van der Waals surface area contributed by atoms with Crippen molar-refractivity contribution in [3.63, 3.8) is 0 Å². The second-order valence-electron chi connectivity index (χ2n) is 4.95. The van der Waals surface area contributed by atoms with E-state index in [9.17, 15) is 4.79 Å². The minimum atomic E-state index is -0.131. The van der Waals surface area contributed by atoms with Crippen LogP contribution in [-0.2, 0) is 0 Å². The van der Waals surface area contributed by atoms with Crippen LogP contribution < -0.4 is 10.2 Å². The van der Waals surface area contributed by atoms with Gasteiger partial charge in [0, 0.05) is 22.7 Å². The molecule has 0 aliphatic carbocycles. The summed E-state index contributed by atoms with van der Waals surface area (Å²) in [4.78, 5) is 14.4. The van der Waals surface area contributed by atoms with E-state index in [0.29, 0.717) is 16.3 Å². The molecule has 1 amide bonds. The summed E-state index contributed by atoms with van der Waals surface area (Å²) >= 11 is 8.23. The lowest BCUT2D eigenvalue weighted by atomic mass is 10.1. The summed E-state index contributed by atoms with van der Waals surface area (Å²) in [5, 5.41) is 3.54. The fraction of sp³-hybridized carbons (Fsp3) is 0.188. The van der Waals surface area contributed by atoms with Gasteiger partial charge in [0.25, 0.3) is 5.91 Å². The molecule has 0 unspecified atom stereocenters. The molecular weight excluding hydrogens is 399 g/mol. The minimum absolute atomic E-state index is 0.131. The Morgan fingerprint density at radius 1 is 1.24 bits per heavy atom. The predicted molar refractivity (Wildman–Crippen MR) is 97.6 cm³/mol. The van der Waals surface area contributed by atoms with E-state index in [-0.39, 0.29) is 5.91 Å². The van der Waals surface area contributed by atoms with Crippen LogP contribution in [0, 0.1) is 10.5 Å². The highest BCUT2D eigenvalue weighted by molar-refractivity contribution is 14.1. The van der Waals surface area contributed by atoms with Gasteiger partial charge in [-0.1, -0.05) is 23.7 Å². The predicted octanol–water partition coefficient (Wildman–Crippen LogP) is 4.57. The van der Waals surface area contributed by atoms with Gasteiger partial charge in [0.2, 0.25) is 0 Å². The Labute approximate surface area is 143 Å². The number of hydrogen-bond donors (Lipinski definition) is 1. The SMILES string of the molecule is Cc1cccc(C(=O)Nc2cc(Cl)ccc2N(C)C)c1I. The van der Waals surface area contributed by atoms with Crippen LogP contribution in [-0.4, -0.2) is 20.0 Å². The number of halogens is 2. The summed E-state index contributed by atoms with van der Waals surface area (Å²) in [7, 11) is 3.85. The molecule has 1 N–H and O–H groups in total. The molecule has 0 aromatic heterocycles. The molecule has 0 heterocycles. The van der Waals surface area contributed by atoms with Gasteiger partial charge in [-0.2, -0.15) is 0 Å². The van der Waals surface area contributed by atoms with Gasteiger partial charge in [0.1, 0.15) is 0 Å². The van der Waals surface area contributed by atoms with Crippen LogP contribution in [0.3, 0.4) is 0 Å². The van der Waals surface area contributed by atoms with Gasteiger partial charge >= 0.3 is 0 Å². The van der Waals surface area contributed by atoms with Crippen molar-refractivity contribution in [2.75, 3.05) is 24.3 Å². The maximum Gasteiger partial charge on any atom is 0.256 e. The molecule has 0 atom stereocenters. The number of anilines is 2. The van der Waals surface area contributed by atoms with Gasteiger partial charge < -0.3 is 10.2 Å². The number of hydrogen-bond acceptors (Lipinski definition) is 2. The normalized spacial score (nSPS) is 10.3. The van der Waals surface area contributed by atoms with E-state index < -0.39 is 0 Å². The van der Waals surface area contributed by atoms with E-state index >= 15 is 0 Å². The monoisotopic (exact) mass is 414 g/mol. The average molecular weight is 415 g/mol. The summed E-state index contributed by atoms with van der Waals surface area (Å²) in [5.41, 5.74) is 3.37. The number of nitrogens with one attached hydrogen (secondary N) is 1. The van der Waals surface area contributed by atoms with Crippen LogP contribution in [0.5, 0.6) is 0 Å². The van der Waals surface area contributed by atoms with Crippen molar-refractivity contribution in [1.29, 1.82) is 0 Å².